The van der Waals surface area contributed by atoms with Gasteiger partial charge in [-0.05, 0) is 25.0 Å². The fourth-order valence-electron chi connectivity index (χ4n) is 2.64. The number of phenols is 1. The lowest BCUT2D eigenvalue weighted by Gasteiger charge is -2.35. The third kappa shape index (κ3) is 5.59. The molecule has 7 heteroatoms. The zero-order valence-electron chi connectivity index (χ0n) is 12.2. The van der Waals surface area contributed by atoms with E-state index in [0.717, 1.165) is 49.1 Å². The molecule has 0 spiro atoms. The van der Waals surface area contributed by atoms with Crippen molar-refractivity contribution in [1.82, 2.24) is 10.2 Å². The van der Waals surface area contributed by atoms with Crippen molar-refractivity contribution in [2.24, 2.45) is 0 Å². The van der Waals surface area contributed by atoms with E-state index < -0.39 is 0 Å². The van der Waals surface area contributed by atoms with E-state index in [1.807, 2.05) is 12.1 Å². The minimum atomic E-state index is 0. The molecule has 2 N–H and O–H groups in total. The zero-order valence-corrected chi connectivity index (χ0v) is 16.2. The molecule has 2 rings (SSSR count). The van der Waals surface area contributed by atoms with Gasteiger partial charge in [-0.2, -0.15) is 0 Å². The number of rotatable bonds is 5. The number of halogens is 4. The molecule has 0 unspecified atom stereocenters. The molecular formula is C15H22BrCl3N2O. The Labute approximate surface area is 158 Å². The van der Waals surface area contributed by atoms with Gasteiger partial charge >= 0.3 is 0 Å². The second-order valence-corrected chi connectivity index (χ2v) is 6.32. The molecule has 0 amide bonds. The van der Waals surface area contributed by atoms with Gasteiger partial charge in [-0.3, -0.25) is 4.90 Å². The first-order chi connectivity index (χ1) is 9.63. The van der Waals surface area contributed by atoms with Crippen molar-refractivity contribution in [3.63, 3.8) is 0 Å². The molecule has 1 saturated heterocycles. The molecule has 0 saturated carbocycles. The lowest BCUT2D eigenvalue weighted by atomic mass is 9.98. The summed E-state index contributed by atoms with van der Waals surface area (Å²) in [6, 6.07) is 3.87. The highest BCUT2D eigenvalue weighted by molar-refractivity contribution is 9.10. The number of nitrogens with one attached hydrogen (secondary N) is 1. The van der Waals surface area contributed by atoms with E-state index in [9.17, 15) is 5.11 Å². The first-order valence-corrected chi connectivity index (χ1v) is 8.04. The van der Waals surface area contributed by atoms with Gasteiger partial charge in [-0.25, -0.2) is 0 Å². The molecular weight excluding hydrogens is 410 g/mol. The average molecular weight is 433 g/mol. The highest BCUT2D eigenvalue weighted by Gasteiger charge is 2.25. The van der Waals surface area contributed by atoms with Crippen LogP contribution in [0.15, 0.2) is 29.3 Å². The van der Waals surface area contributed by atoms with Gasteiger partial charge in [0.2, 0.25) is 0 Å². The van der Waals surface area contributed by atoms with Crippen LogP contribution in [0.2, 0.25) is 5.02 Å². The number of phenolic OH excluding ortho intramolecular Hbond substituents is 1. The molecule has 1 aliphatic heterocycles. The summed E-state index contributed by atoms with van der Waals surface area (Å²) < 4.78 is 0.897. The van der Waals surface area contributed by atoms with Crippen LogP contribution in [0.5, 0.6) is 5.75 Å². The maximum Gasteiger partial charge on any atom is 0.139 e. The van der Waals surface area contributed by atoms with Gasteiger partial charge < -0.3 is 10.4 Å². The summed E-state index contributed by atoms with van der Waals surface area (Å²) in [5.41, 5.74) is 0.896. The fourth-order valence-corrected chi connectivity index (χ4v) is 3.48. The Morgan fingerprint density at radius 3 is 2.59 bits per heavy atom. The molecule has 0 radical (unpaired) electrons. The molecule has 126 valence electrons. The molecule has 0 bridgehead atoms. The summed E-state index contributed by atoms with van der Waals surface area (Å²) in [6.45, 7) is 7.71. The maximum atomic E-state index is 10.3. The van der Waals surface area contributed by atoms with E-state index in [1.54, 1.807) is 6.07 Å². The van der Waals surface area contributed by atoms with Gasteiger partial charge in [-0.15, -0.1) is 31.4 Å². The average Bonchev–Trinajstić information content (AvgIpc) is 2.45. The molecule has 1 heterocycles. The van der Waals surface area contributed by atoms with Gasteiger partial charge in [0.1, 0.15) is 5.75 Å². The van der Waals surface area contributed by atoms with Crippen LogP contribution in [0.25, 0.3) is 0 Å². The van der Waals surface area contributed by atoms with Crippen molar-refractivity contribution >= 4 is 52.3 Å². The first kappa shape index (κ1) is 22.0. The van der Waals surface area contributed by atoms with Crippen LogP contribution in [0, 0.1) is 0 Å². The Morgan fingerprint density at radius 2 is 2.00 bits per heavy atom. The third-order valence-electron chi connectivity index (χ3n) is 3.65. The van der Waals surface area contributed by atoms with Crippen LogP contribution < -0.4 is 5.32 Å². The van der Waals surface area contributed by atoms with E-state index in [0.29, 0.717) is 5.02 Å². The number of aromatic hydroxyl groups is 1. The summed E-state index contributed by atoms with van der Waals surface area (Å²) in [7, 11) is 0. The van der Waals surface area contributed by atoms with Crippen LogP contribution in [0.4, 0.5) is 0 Å². The van der Waals surface area contributed by atoms with E-state index in [1.165, 1.54) is 0 Å². The molecule has 1 fully saturated rings. The summed E-state index contributed by atoms with van der Waals surface area (Å²) in [5.74, 6) is 0.197. The van der Waals surface area contributed by atoms with E-state index >= 15 is 0 Å². The number of allylic oxidation sites excluding steroid dienone is 1. The number of benzene rings is 1. The van der Waals surface area contributed by atoms with Crippen LogP contribution in [0.1, 0.15) is 24.4 Å². The summed E-state index contributed by atoms with van der Waals surface area (Å²) >= 11 is 9.57. The lowest BCUT2D eigenvalue weighted by molar-refractivity contribution is 0.163. The molecule has 0 aromatic heterocycles. The largest absolute Gasteiger partial charge is 0.506 e. The highest BCUT2D eigenvalue weighted by atomic mass is 79.9. The smallest absolute Gasteiger partial charge is 0.139 e. The monoisotopic (exact) mass is 430 g/mol. The topological polar surface area (TPSA) is 35.5 Å². The van der Waals surface area contributed by atoms with Gasteiger partial charge in [-0.1, -0.05) is 33.6 Å². The van der Waals surface area contributed by atoms with Crippen molar-refractivity contribution < 1.29 is 5.11 Å². The van der Waals surface area contributed by atoms with E-state index in [-0.39, 0.29) is 36.6 Å². The van der Waals surface area contributed by atoms with Crippen molar-refractivity contribution in [2.45, 2.75) is 18.9 Å². The fraction of sp³-hybridized carbons (Fsp3) is 0.467. The molecule has 1 aromatic rings. The second kappa shape index (κ2) is 10.7. The van der Waals surface area contributed by atoms with Gasteiger partial charge in [0.15, 0.2) is 0 Å². The minimum Gasteiger partial charge on any atom is -0.506 e. The molecule has 1 aliphatic rings. The Bertz CT molecular complexity index is 482. The quantitative estimate of drug-likeness (QED) is 0.670. The van der Waals surface area contributed by atoms with Crippen LogP contribution in [0.3, 0.4) is 0 Å². The van der Waals surface area contributed by atoms with Gasteiger partial charge in [0.05, 0.1) is 5.02 Å². The van der Waals surface area contributed by atoms with Gasteiger partial charge in [0, 0.05) is 42.3 Å². The minimum absolute atomic E-state index is 0. The van der Waals surface area contributed by atoms with Crippen molar-refractivity contribution in [1.29, 1.82) is 0 Å². The van der Waals surface area contributed by atoms with Gasteiger partial charge in [0.25, 0.3) is 0 Å². The van der Waals surface area contributed by atoms with Crippen LogP contribution in [-0.2, 0) is 0 Å². The predicted molar refractivity (Wildman–Crippen MR) is 102 cm³/mol. The highest BCUT2D eigenvalue weighted by Crippen LogP contribution is 2.39. The SMILES string of the molecule is C=CCC[C@@H](c1cc(Br)cc(Cl)c1O)N1CCNCC1.Cl.Cl. The zero-order chi connectivity index (χ0) is 14.5. The lowest BCUT2D eigenvalue weighted by Crippen LogP contribution is -2.45. The van der Waals surface area contributed by atoms with Crippen molar-refractivity contribution in [3.8, 4) is 5.75 Å². The number of hydrogen-bond acceptors (Lipinski definition) is 3. The molecule has 3 nitrogen and oxygen atoms in total. The Kier molecular flexibility index (Phi) is 10.8. The molecule has 0 aliphatic carbocycles. The molecule has 1 aromatic carbocycles. The Hall–Kier alpha value is 0.0300. The van der Waals surface area contributed by atoms with E-state index in [2.05, 4.69) is 32.7 Å². The Morgan fingerprint density at radius 1 is 1.36 bits per heavy atom. The van der Waals surface area contributed by atoms with Crippen molar-refractivity contribution in [3.05, 3.63) is 39.8 Å². The number of piperazine rings is 1. The Balaban J connectivity index is 0.00000220. The summed E-state index contributed by atoms with van der Waals surface area (Å²) in [6.07, 6.45) is 3.77. The standard InChI is InChI=1S/C15H20BrClN2O.2ClH/c1-2-3-4-14(19-7-5-18-6-8-19)12-9-11(16)10-13(17)15(12)20;;/h2,9-10,14,18,20H,1,3-8H2;2*1H/t14-;;/m0../s1. The first-order valence-electron chi connectivity index (χ1n) is 6.87. The molecule has 1 atom stereocenters. The van der Waals surface area contributed by atoms with Crippen LogP contribution in [-0.4, -0.2) is 36.2 Å². The van der Waals surface area contributed by atoms with Crippen molar-refractivity contribution in [2.75, 3.05) is 26.2 Å². The molecule has 22 heavy (non-hydrogen) atoms. The maximum absolute atomic E-state index is 10.3. The summed E-state index contributed by atoms with van der Waals surface area (Å²) in [5, 5.41) is 14.1. The summed E-state index contributed by atoms with van der Waals surface area (Å²) in [4.78, 5) is 2.40. The van der Waals surface area contributed by atoms with Crippen LogP contribution >= 0.6 is 52.3 Å². The second-order valence-electron chi connectivity index (χ2n) is 4.99. The predicted octanol–water partition coefficient (Wildman–Crippen LogP) is 4.56. The number of hydrogen-bond donors (Lipinski definition) is 2. The number of nitrogens with zero attached hydrogens (tertiary/aromatic N) is 1. The third-order valence-corrected chi connectivity index (χ3v) is 4.40. The normalized spacial score (nSPS) is 16.3. The van der Waals surface area contributed by atoms with E-state index in [4.69, 9.17) is 11.6 Å².